The monoisotopic (exact) mass is 471 g/mol. The number of benzene rings is 2. The van der Waals surface area contributed by atoms with E-state index in [-0.39, 0.29) is 23.1 Å². The number of piperazine rings is 1. The Bertz CT molecular complexity index is 1110. The van der Waals surface area contributed by atoms with Gasteiger partial charge in [-0.25, -0.2) is 19.0 Å². The molecule has 3 rings (SSSR count). The third kappa shape index (κ3) is 7.22. The summed E-state index contributed by atoms with van der Waals surface area (Å²) in [5, 5.41) is 19.3. The molecule has 0 bridgehead atoms. The number of nitrogens with zero attached hydrogens (tertiary/aromatic N) is 3. The van der Waals surface area contributed by atoms with E-state index in [1.807, 2.05) is 17.0 Å². The number of primary sulfonamides is 1. The molecule has 1 saturated heterocycles. The standard InChI is InChI=1S/C23H29N5O4S/c1-2-4-19-5-3-6-20(23(19)30)15-25-26-22(29)17-28-13-11-27(12-14-28)16-18-7-9-21(10-8-18)33(24,31)32/h2-3,5-10,15,30H,1,4,11-14,16-17H2,(H,26,29)(H2,24,31,32)/b25-15-. The molecule has 0 radical (unpaired) electrons. The van der Waals surface area contributed by atoms with Crippen LogP contribution in [0.4, 0.5) is 0 Å². The van der Waals surface area contributed by atoms with Gasteiger partial charge in [0.25, 0.3) is 5.91 Å². The number of sulfonamides is 1. The van der Waals surface area contributed by atoms with Crippen molar-refractivity contribution in [2.24, 2.45) is 10.2 Å². The number of phenolic OH excluding ortho intramolecular Hbond substituents is 1. The van der Waals surface area contributed by atoms with Crippen molar-refractivity contribution in [3.63, 3.8) is 0 Å². The topological polar surface area (TPSA) is 128 Å². The third-order valence-corrected chi connectivity index (χ3v) is 6.33. The van der Waals surface area contributed by atoms with Crippen LogP contribution in [-0.4, -0.2) is 68.2 Å². The number of aromatic hydroxyl groups is 1. The molecule has 4 N–H and O–H groups in total. The summed E-state index contributed by atoms with van der Waals surface area (Å²) in [6.07, 6.45) is 3.69. The number of nitrogens with two attached hydrogens (primary N) is 1. The summed E-state index contributed by atoms with van der Waals surface area (Å²) in [6, 6.07) is 11.9. The summed E-state index contributed by atoms with van der Waals surface area (Å²) in [4.78, 5) is 16.6. The average Bonchev–Trinajstić information content (AvgIpc) is 2.77. The van der Waals surface area contributed by atoms with E-state index < -0.39 is 10.0 Å². The van der Waals surface area contributed by atoms with Gasteiger partial charge in [0, 0.05) is 38.3 Å². The largest absolute Gasteiger partial charge is 0.507 e. The van der Waals surface area contributed by atoms with Crippen molar-refractivity contribution >= 4 is 22.1 Å². The van der Waals surface area contributed by atoms with Crippen LogP contribution in [0.25, 0.3) is 0 Å². The molecule has 0 aromatic heterocycles. The van der Waals surface area contributed by atoms with Crippen molar-refractivity contribution < 1.29 is 18.3 Å². The Kier molecular flexibility index (Phi) is 8.34. The molecule has 0 saturated carbocycles. The van der Waals surface area contributed by atoms with Gasteiger partial charge in [-0.1, -0.05) is 30.3 Å². The molecule has 0 atom stereocenters. The molecule has 9 nitrogen and oxygen atoms in total. The number of nitrogens with one attached hydrogen (secondary N) is 1. The second-order valence-electron chi connectivity index (χ2n) is 7.88. The van der Waals surface area contributed by atoms with Gasteiger partial charge >= 0.3 is 0 Å². The zero-order valence-corrected chi connectivity index (χ0v) is 19.2. The highest BCUT2D eigenvalue weighted by molar-refractivity contribution is 7.89. The minimum atomic E-state index is -3.68. The molecule has 1 heterocycles. The molecule has 1 aliphatic heterocycles. The Morgan fingerprint density at radius 3 is 2.42 bits per heavy atom. The Balaban J connectivity index is 1.42. The van der Waals surface area contributed by atoms with Crippen LogP contribution < -0.4 is 10.6 Å². The fraction of sp³-hybridized carbons (Fsp3) is 0.304. The van der Waals surface area contributed by atoms with Crippen molar-refractivity contribution in [2.75, 3.05) is 32.7 Å². The zero-order valence-electron chi connectivity index (χ0n) is 18.4. The van der Waals surface area contributed by atoms with Gasteiger partial charge in [0.15, 0.2) is 0 Å². The SMILES string of the molecule is C=CCc1cccc(/C=N\NC(=O)CN2CCN(Cc3ccc(S(N)(=O)=O)cc3)CC2)c1O. The number of hydrogen-bond donors (Lipinski definition) is 3. The summed E-state index contributed by atoms with van der Waals surface area (Å²) in [6.45, 7) is 7.65. The molecule has 0 unspecified atom stereocenters. The predicted molar refractivity (Wildman–Crippen MR) is 127 cm³/mol. The van der Waals surface area contributed by atoms with Crippen LogP contribution in [0.15, 0.2) is 65.1 Å². The average molecular weight is 472 g/mol. The first kappa shape index (κ1) is 24.6. The second-order valence-corrected chi connectivity index (χ2v) is 9.44. The van der Waals surface area contributed by atoms with Crippen LogP contribution in [0.3, 0.4) is 0 Å². The molecule has 1 fully saturated rings. The maximum atomic E-state index is 12.2. The number of carbonyl (C=O) groups is 1. The number of hydrogen-bond acceptors (Lipinski definition) is 7. The molecule has 0 spiro atoms. The normalized spacial score (nSPS) is 15.5. The number of hydrazone groups is 1. The van der Waals surface area contributed by atoms with Crippen LogP contribution in [0, 0.1) is 0 Å². The number of rotatable bonds is 9. The Morgan fingerprint density at radius 2 is 1.79 bits per heavy atom. The molecular weight excluding hydrogens is 442 g/mol. The minimum absolute atomic E-state index is 0.101. The van der Waals surface area contributed by atoms with E-state index in [1.165, 1.54) is 18.3 Å². The first-order valence-corrected chi connectivity index (χ1v) is 12.1. The fourth-order valence-corrected chi connectivity index (χ4v) is 4.11. The molecule has 0 aliphatic carbocycles. The van der Waals surface area contributed by atoms with Crippen LogP contribution in [0.5, 0.6) is 5.75 Å². The first-order valence-electron chi connectivity index (χ1n) is 10.6. The smallest absolute Gasteiger partial charge is 0.254 e. The lowest BCUT2D eigenvalue weighted by Gasteiger charge is -2.34. The molecule has 176 valence electrons. The fourth-order valence-electron chi connectivity index (χ4n) is 3.60. The van der Waals surface area contributed by atoms with Crippen molar-refractivity contribution in [2.45, 2.75) is 17.9 Å². The van der Waals surface area contributed by atoms with E-state index in [0.29, 0.717) is 18.5 Å². The zero-order chi connectivity index (χ0) is 23.8. The quantitative estimate of drug-likeness (QED) is 0.285. The van der Waals surface area contributed by atoms with Crippen molar-refractivity contribution in [1.82, 2.24) is 15.2 Å². The molecule has 1 aliphatic rings. The summed E-state index contributed by atoms with van der Waals surface area (Å²) in [5.41, 5.74) is 4.79. The van der Waals surface area contributed by atoms with E-state index in [4.69, 9.17) is 5.14 Å². The Hall–Kier alpha value is -3.05. The Labute approximate surface area is 194 Å². The first-order chi connectivity index (χ1) is 15.8. The molecule has 33 heavy (non-hydrogen) atoms. The van der Waals surface area contributed by atoms with E-state index >= 15 is 0 Å². The van der Waals surface area contributed by atoms with E-state index in [2.05, 4.69) is 22.0 Å². The lowest BCUT2D eigenvalue weighted by atomic mass is 10.1. The van der Waals surface area contributed by atoms with Gasteiger partial charge in [0.1, 0.15) is 5.75 Å². The minimum Gasteiger partial charge on any atom is -0.507 e. The predicted octanol–water partition coefficient (Wildman–Crippen LogP) is 1.04. The van der Waals surface area contributed by atoms with Crippen molar-refractivity contribution in [3.8, 4) is 5.75 Å². The van der Waals surface area contributed by atoms with Crippen LogP contribution >= 0.6 is 0 Å². The van der Waals surface area contributed by atoms with Gasteiger partial charge < -0.3 is 5.11 Å². The van der Waals surface area contributed by atoms with Crippen LogP contribution in [0.2, 0.25) is 0 Å². The van der Waals surface area contributed by atoms with Gasteiger partial charge in [-0.15, -0.1) is 6.58 Å². The highest BCUT2D eigenvalue weighted by atomic mass is 32.2. The number of carbonyl (C=O) groups excluding carboxylic acids is 1. The number of phenols is 1. The summed E-state index contributed by atoms with van der Waals surface area (Å²) < 4.78 is 22.7. The maximum Gasteiger partial charge on any atom is 0.254 e. The van der Waals surface area contributed by atoms with Gasteiger partial charge in [-0.3, -0.25) is 14.6 Å². The highest BCUT2D eigenvalue weighted by Gasteiger charge is 2.19. The van der Waals surface area contributed by atoms with Crippen LogP contribution in [0.1, 0.15) is 16.7 Å². The van der Waals surface area contributed by atoms with E-state index in [1.54, 1.807) is 24.3 Å². The lowest BCUT2D eigenvalue weighted by Crippen LogP contribution is -2.48. The highest BCUT2D eigenvalue weighted by Crippen LogP contribution is 2.21. The lowest BCUT2D eigenvalue weighted by molar-refractivity contribution is -0.122. The number of allylic oxidation sites excluding steroid dienone is 1. The second kappa shape index (κ2) is 11.2. The molecule has 1 amide bonds. The summed E-state index contributed by atoms with van der Waals surface area (Å²) in [5.74, 6) is -0.0918. The van der Waals surface area contributed by atoms with Gasteiger partial charge in [-0.2, -0.15) is 5.10 Å². The van der Waals surface area contributed by atoms with Gasteiger partial charge in [-0.05, 0) is 35.7 Å². The van der Waals surface area contributed by atoms with Crippen LogP contribution in [-0.2, 0) is 27.8 Å². The number of para-hydroxylation sites is 1. The molecule has 2 aromatic carbocycles. The summed E-state index contributed by atoms with van der Waals surface area (Å²) in [7, 11) is -3.68. The summed E-state index contributed by atoms with van der Waals surface area (Å²) >= 11 is 0. The number of amides is 1. The van der Waals surface area contributed by atoms with Gasteiger partial charge in [0.2, 0.25) is 10.0 Å². The molecule has 2 aromatic rings. The Morgan fingerprint density at radius 1 is 1.12 bits per heavy atom. The molecular formula is C23H29N5O4S. The van der Waals surface area contributed by atoms with E-state index in [9.17, 15) is 18.3 Å². The third-order valence-electron chi connectivity index (χ3n) is 5.40. The molecule has 10 heteroatoms. The maximum absolute atomic E-state index is 12.2. The van der Waals surface area contributed by atoms with Gasteiger partial charge in [0.05, 0.1) is 17.7 Å². The van der Waals surface area contributed by atoms with E-state index in [0.717, 1.165) is 37.3 Å². The van der Waals surface area contributed by atoms with Crippen molar-refractivity contribution in [3.05, 3.63) is 71.8 Å². The van der Waals surface area contributed by atoms with Crippen molar-refractivity contribution in [1.29, 1.82) is 0 Å².